The Morgan fingerprint density at radius 3 is 2.71 bits per heavy atom. The Balaban J connectivity index is 3.06. The number of hydrogen-bond donors (Lipinski definition) is 1. The molecule has 4 nitrogen and oxygen atoms in total. The van der Waals surface area contributed by atoms with Crippen molar-refractivity contribution in [2.45, 2.75) is 26.2 Å². The smallest absolute Gasteiger partial charge is 0.273 e. The van der Waals surface area contributed by atoms with Gasteiger partial charge in [0, 0.05) is 11.6 Å². The molecular weight excluding hydrogens is 216 g/mol. The number of nitrogens with two attached hydrogens (primary N) is 1. The summed E-state index contributed by atoms with van der Waals surface area (Å²) in [4.78, 5) is 10.6. The summed E-state index contributed by atoms with van der Waals surface area (Å²) in [5.74, 6) is 0.150. The van der Waals surface area contributed by atoms with Gasteiger partial charge in [0.05, 0.1) is 4.92 Å². The normalized spacial score (nSPS) is 11.3. The molecule has 1 rings (SSSR count). The molecular formula is C13H18N2O2. The predicted octanol–water partition coefficient (Wildman–Crippen LogP) is 3.08. The van der Waals surface area contributed by atoms with Gasteiger partial charge in [-0.2, -0.15) is 0 Å². The van der Waals surface area contributed by atoms with Gasteiger partial charge in [0.2, 0.25) is 0 Å². The SMILES string of the molecule is CC(C)c1ccc(C=CCCN)cc1[N+](=O)[O-]. The molecule has 0 amide bonds. The van der Waals surface area contributed by atoms with Crippen molar-refractivity contribution in [3.8, 4) is 0 Å². The molecule has 0 aromatic heterocycles. The largest absolute Gasteiger partial charge is 0.330 e. The van der Waals surface area contributed by atoms with Crippen LogP contribution in [0.3, 0.4) is 0 Å². The summed E-state index contributed by atoms with van der Waals surface area (Å²) in [7, 11) is 0. The fourth-order valence-electron chi connectivity index (χ4n) is 1.63. The van der Waals surface area contributed by atoms with Crippen molar-refractivity contribution in [1.82, 2.24) is 0 Å². The summed E-state index contributed by atoms with van der Waals surface area (Å²) in [5, 5.41) is 11.0. The number of benzene rings is 1. The van der Waals surface area contributed by atoms with E-state index in [2.05, 4.69) is 0 Å². The molecule has 2 N–H and O–H groups in total. The van der Waals surface area contributed by atoms with Gasteiger partial charge in [0.25, 0.3) is 5.69 Å². The zero-order chi connectivity index (χ0) is 12.8. The van der Waals surface area contributed by atoms with Crippen LogP contribution in [-0.4, -0.2) is 11.5 Å². The van der Waals surface area contributed by atoms with Gasteiger partial charge in [-0.15, -0.1) is 0 Å². The molecule has 0 fully saturated rings. The second-order valence-electron chi connectivity index (χ2n) is 4.21. The Bertz CT molecular complexity index is 425. The molecule has 0 saturated heterocycles. The molecule has 0 unspecified atom stereocenters. The van der Waals surface area contributed by atoms with Gasteiger partial charge < -0.3 is 5.73 Å². The number of rotatable bonds is 5. The first-order valence-electron chi connectivity index (χ1n) is 5.71. The third kappa shape index (κ3) is 3.67. The van der Waals surface area contributed by atoms with Crippen LogP contribution in [0, 0.1) is 10.1 Å². The Morgan fingerprint density at radius 1 is 1.47 bits per heavy atom. The van der Waals surface area contributed by atoms with E-state index >= 15 is 0 Å². The van der Waals surface area contributed by atoms with Crippen molar-refractivity contribution in [1.29, 1.82) is 0 Å². The summed E-state index contributed by atoms with van der Waals surface area (Å²) in [6.45, 7) is 4.49. The minimum absolute atomic E-state index is 0.150. The van der Waals surface area contributed by atoms with E-state index in [0.29, 0.717) is 6.54 Å². The van der Waals surface area contributed by atoms with Crippen molar-refractivity contribution in [3.63, 3.8) is 0 Å². The molecule has 1 aromatic carbocycles. The highest BCUT2D eigenvalue weighted by Gasteiger charge is 2.16. The number of nitro benzene ring substituents is 1. The van der Waals surface area contributed by atoms with Gasteiger partial charge in [-0.3, -0.25) is 10.1 Å². The van der Waals surface area contributed by atoms with Gasteiger partial charge >= 0.3 is 0 Å². The Morgan fingerprint density at radius 2 is 2.18 bits per heavy atom. The third-order valence-electron chi connectivity index (χ3n) is 2.52. The molecule has 0 aliphatic heterocycles. The van der Waals surface area contributed by atoms with Crippen LogP contribution in [0.15, 0.2) is 24.3 Å². The van der Waals surface area contributed by atoms with Gasteiger partial charge in [-0.1, -0.05) is 38.1 Å². The maximum atomic E-state index is 11.0. The van der Waals surface area contributed by atoms with Crippen molar-refractivity contribution >= 4 is 11.8 Å². The Hall–Kier alpha value is -1.68. The number of nitro groups is 1. The van der Waals surface area contributed by atoms with Crippen LogP contribution in [0.2, 0.25) is 0 Å². The topological polar surface area (TPSA) is 69.2 Å². The van der Waals surface area contributed by atoms with Gasteiger partial charge in [-0.25, -0.2) is 0 Å². The Labute approximate surface area is 101 Å². The monoisotopic (exact) mass is 234 g/mol. The van der Waals surface area contributed by atoms with E-state index in [1.54, 1.807) is 6.07 Å². The first kappa shape index (κ1) is 13.4. The Kier molecular flexibility index (Phi) is 4.84. The molecule has 0 saturated carbocycles. The molecule has 92 valence electrons. The quantitative estimate of drug-likeness (QED) is 0.628. The van der Waals surface area contributed by atoms with E-state index in [-0.39, 0.29) is 16.5 Å². The average molecular weight is 234 g/mol. The maximum Gasteiger partial charge on any atom is 0.273 e. The zero-order valence-electron chi connectivity index (χ0n) is 10.2. The van der Waals surface area contributed by atoms with E-state index in [0.717, 1.165) is 17.5 Å². The fraction of sp³-hybridized carbons (Fsp3) is 0.385. The van der Waals surface area contributed by atoms with Crippen LogP contribution in [0.25, 0.3) is 6.08 Å². The molecule has 4 heteroatoms. The first-order chi connectivity index (χ1) is 8.06. The fourth-order valence-corrected chi connectivity index (χ4v) is 1.63. The highest BCUT2D eigenvalue weighted by atomic mass is 16.6. The lowest BCUT2D eigenvalue weighted by Gasteiger charge is -2.06. The molecule has 0 aliphatic carbocycles. The van der Waals surface area contributed by atoms with E-state index in [1.807, 2.05) is 38.1 Å². The van der Waals surface area contributed by atoms with Gasteiger partial charge in [-0.05, 0) is 24.4 Å². The van der Waals surface area contributed by atoms with Crippen LogP contribution >= 0.6 is 0 Å². The lowest BCUT2D eigenvalue weighted by molar-refractivity contribution is -0.385. The van der Waals surface area contributed by atoms with Crippen molar-refractivity contribution in [2.75, 3.05) is 6.54 Å². The molecule has 0 atom stereocenters. The third-order valence-corrected chi connectivity index (χ3v) is 2.52. The lowest BCUT2D eigenvalue weighted by atomic mass is 9.99. The van der Waals surface area contributed by atoms with Gasteiger partial charge in [0.1, 0.15) is 0 Å². The standard InChI is InChI=1S/C13H18N2O2/c1-10(2)12-7-6-11(5-3-4-8-14)9-13(12)15(16)17/h3,5-7,9-10H,4,8,14H2,1-2H3. The molecule has 17 heavy (non-hydrogen) atoms. The number of hydrogen-bond acceptors (Lipinski definition) is 3. The summed E-state index contributed by atoms with van der Waals surface area (Å²) in [6.07, 6.45) is 4.57. The van der Waals surface area contributed by atoms with Crippen LogP contribution in [-0.2, 0) is 0 Å². The van der Waals surface area contributed by atoms with Crippen molar-refractivity contribution in [3.05, 3.63) is 45.5 Å². The highest BCUT2D eigenvalue weighted by molar-refractivity contribution is 5.56. The minimum atomic E-state index is -0.324. The van der Waals surface area contributed by atoms with Crippen LogP contribution in [0.4, 0.5) is 5.69 Å². The lowest BCUT2D eigenvalue weighted by Crippen LogP contribution is -1.98. The molecule has 0 spiro atoms. The second kappa shape index (κ2) is 6.15. The second-order valence-corrected chi connectivity index (χ2v) is 4.21. The summed E-state index contributed by atoms with van der Waals surface area (Å²) < 4.78 is 0. The molecule has 0 aliphatic rings. The van der Waals surface area contributed by atoms with Crippen molar-refractivity contribution < 1.29 is 4.92 Å². The maximum absolute atomic E-state index is 11.0. The van der Waals surface area contributed by atoms with E-state index in [1.165, 1.54) is 0 Å². The zero-order valence-corrected chi connectivity index (χ0v) is 10.2. The van der Waals surface area contributed by atoms with E-state index < -0.39 is 0 Å². The van der Waals surface area contributed by atoms with E-state index in [4.69, 9.17) is 5.73 Å². The molecule has 0 bridgehead atoms. The predicted molar refractivity (Wildman–Crippen MR) is 69.9 cm³/mol. The first-order valence-corrected chi connectivity index (χ1v) is 5.71. The summed E-state index contributed by atoms with van der Waals surface area (Å²) in [5.41, 5.74) is 7.18. The van der Waals surface area contributed by atoms with Gasteiger partial charge in [0.15, 0.2) is 0 Å². The molecule has 0 radical (unpaired) electrons. The van der Waals surface area contributed by atoms with E-state index in [9.17, 15) is 10.1 Å². The minimum Gasteiger partial charge on any atom is -0.330 e. The summed E-state index contributed by atoms with van der Waals surface area (Å²) in [6, 6.07) is 5.34. The highest BCUT2D eigenvalue weighted by Crippen LogP contribution is 2.27. The van der Waals surface area contributed by atoms with Crippen molar-refractivity contribution in [2.24, 2.45) is 5.73 Å². The number of nitrogens with zero attached hydrogens (tertiary/aromatic N) is 1. The average Bonchev–Trinajstić information content (AvgIpc) is 2.29. The molecule has 0 heterocycles. The van der Waals surface area contributed by atoms with Crippen LogP contribution in [0.1, 0.15) is 37.3 Å². The molecule has 1 aromatic rings. The van der Waals surface area contributed by atoms with Crippen LogP contribution < -0.4 is 5.73 Å². The van der Waals surface area contributed by atoms with Crippen LogP contribution in [0.5, 0.6) is 0 Å². The summed E-state index contributed by atoms with van der Waals surface area (Å²) >= 11 is 0.